The SMILES string of the molecule is CCN(CCN(C)C)Cc1ccc2c(c1)c1ccccc1n2CC. The van der Waals surface area contributed by atoms with Gasteiger partial charge in [-0.3, -0.25) is 4.90 Å². The number of hydrogen-bond acceptors (Lipinski definition) is 2. The third kappa shape index (κ3) is 3.33. The van der Waals surface area contributed by atoms with Crippen molar-refractivity contribution in [3.63, 3.8) is 0 Å². The smallest absolute Gasteiger partial charge is 0.0491 e. The number of aromatic nitrogens is 1. The molecule has 0 unspecified atom stereocenters. The zero-order valence-corrected chi connectivity index (χ0v) is 15.4. The minimum atomic E-state index is 1.01. The summed E-state index contributed by atoms with van der Waals surface area (Å²) in [6.45, 7) is 9.79. The zero-order valence-electron chi connectivity index (χ0n) is 15.4. The quantitative estimate of drug-likeness (QED) is 0.646. The molecule has 24 heavy (non-hydrogen) atoms. The third-order valence-corrected chi connectivity index (χ3v) is 4.87. The van der Waals surface area contributed by atoms with E-state index in [9.17, 15) is 0 Å². The molecule has 3 rings (SSSR count). The Bertz CT molecular complexity index is 816. The van der Waals surface area contributed by atoms with E-state index in [0.29, 0.717) is 0 Å². The van der Waals surface area contributed by atoms with Crippen LogP contribution in [0.2, 0.25) is 0 Å². The van der Waals surface area contributed by atoms with Gasteiger partial charge in [0, 0.05) is 48.0 Å². The van der Waals surface area contributed by atoms with Crippen molar-refractivity contribution in [2.24, 2.45) is 0 Å². The average molecular weight is 323 g/mol. The number of fused-ring (bicyclic) bond motifs is 3. The van der Waals surface area contributed by atoms with E-state index >= 15 is 0 Å². The Labute approximate surface area is 145 Å². The molecule has 0 radical (unpaired) electrons. The van der Waals surface area contributed by atoms with Crippen LogP contribution in [0.3, 0.4) is 0 Å². The summed E-state index contributed by atoms with van der Waals surface area (Å²) in [6.07, 6.45) is 0. The van der Waals surface area contributed by atoms with Gasteiger partial charge in [-0.1, -0.05) is 31.2 Å². The highest BCUT2D eigenvalue weighted by molar-refractivity contribution is 6.08. The highest BCUT2D eigenvalue weighted by Gasteiger charge is 2.11. The number of hydrogen-bond donors (Lipinski definition) is 0. The highest BCUT2D eigenvalue weighted by Crippen LogP contribution is 2.29. The second kappa shape index (κ2) is 7.37. The molecule has 0 saturated carbocycles. The molecular weight excluding hydrogens is 294 g/mol. The Morgan fingerprint density at radius 3 is 2.33 bits per heavy atom. The van der Waals surface area contributed by atoms with Gasteiger partial charge in [0.05, 0.1) is 0 Å². The molecule has 3 nitrogen and oxygen atoms in total. The maximum atomic E-state index is 2.51. The zero-order chi connectivity index (χ0) is 17.1. The van der Waals surface area contributed by atoms with Crippen molar-refractivity contribution < 1.29 is 0 Å². The van der Waals surface area contributed by atoms with Gasteiger partial charge in [-0.15, -0.1) is 0 Å². The predicted molar refractivity (Wildman–Crippen MR) is 105 cm³/mol. The molecule has 0 aliphatic rings. The fourth-order valence-electron chi connectivity index (χ4n) is 3.49. The molecule has 0 aliphatic heterocycles. The van der Waals surface area contributed by atoms with Gasteiger partial charge in [-0.2, -0.15) is 0 Å². The van der Waals surface area contributed by atoms with Crippen molar-refractivity contribution in [2.45, 2.75) is 26.9 Å². The van der Waals surface area contributed by atoms with Gasteiger partial charge in [0.15, 0.2) is 0 Å². The highest BCUT2D eigenvalue weighted by atomic mass is 15.2. The number of para-hydroxylation sites is 1. The van der Waals surface area contributed by atoms with Crippen LogP contribution in [-0.4, -0.2) is 48.1 Å². The van der Waals surface area contributed by atoms with Crippen LogP contribution in [0.1, 0.15) is 19.4 Å². The van der Waals surface area contributed by atoms with Gasteiger partial charge >= 0.3 is 0 Å². The van der Waals surface area contributed by atoms with Gasteiger partial charge in [0.1, 0.15) is 0 Å². The summed E-state index contributed by atoms with van der Waals surface area (Å²) in [7, 11) is 4.28. The topological polar surface area (TPSA) is 11.4 Å². The number of rotatable bonds is 7. The summed E-state index contributed by atoms with van der Waals surface area (Å²) < 4.78 is 2.41. The maximum Gasteiger partial charge on any atom is 0.0491 e. The maximum absolute atomic E-state index is 2.51. The molecule has 3 aromatic rings. The van der Waals surface area contributed by atoms with Crippen molar-refractivity contribution in [3.05, 3.63) is 48.0 Å². The molecule has 0 fully saturated rings. The monoisotopic (exact) mass is 323 g/mol. The van der Waals surface area contributed by atoms with Crippen LogP contribution in [0.15, 0.2) is 42.5 Å². The van der Waals surface area contributed by atoms with Crippen LogP contribution in [0.4, 0.5) is 0 Å². The van der Waals surface area contributed by atoms with Gasteiger partial charge in [0.2, 0.25) is 0 Å². The largest absolute Gasteiger partial charge is 0.341 e. The molecule has 0 N–H and O–H groups in total. The first-order valence-corrected chi connectivity index (χ1v) is 9.01. The fraction of sp³-hybridized carbons (Fsp3) is 0.429. The summed E-state index contributed by atoms with van der Waals surface area (Å²) in [5.41, 5.74) is 4.09. The molecule has 0 saturated heterocycles. The van der Waals surface area contributed by atoms with E-state index in [1.807, 2.05) is 0 Å². The number of benzene rings is 2. The lowest BCUT2D eigenvalue weighted by molar-refractivity contribution is 0.244. The van der Waals surface area contributed by atoms with E-state index in [0.717, 1.165) is 32.7 Å². The van der Waals surface area contributed by atoms with Crippen LogP contribution in [0, 0.1) is 0 Å². The first-order valence-electron chi connectivity index (χ1n) is 9.01. The Morgan fingerprint density at radius 2 is 1.62 bits per heavy atom. The molecule has 0 atom stereocenters. The lowest BCUT2D eigenvalue weighted by atomic mass is 10.1. The van der Waals surface area contributed by atoms with Gasteiger partial charge in [0.25, 0.3) is 0 Å². The van der Waals surface area contributed by atoms with E-state index in [1.54, 1.807) is 0 Å². The molecule has 0 aliphatic carbocycles. The van der Waals surface area contributed by atoms with E-state index in [1.165, 1.54) is 27.4 Å². The molecule has 2 aromatic carbocycles. The van der Waals surface area contributed by atoms with Crippen molar-refractivity contribution in [1.82, 2.24) is 14.4 Å². The molecule has 128 valence electrons. The minimum absolute atomic E-state index is 1.01. The molecular formula is C21H29N3. The van der Waals surface area contributed by atoms with Crippen molar-refractivity contribution in [2.75, 3.05) is 33.7 Å². The van der Waals surface area contributed by atoms with Crippen LogP contribution >= 0.6 is 0 Å². The summed E-state index contributed by atoms with van der Waals surface area (Å²) in [6, 6.07) is 15.7. The standard InChI is InChI=1S/C21H29N3/c1-5-23(14-13-22(3)4)16-17-11-12-21-19(15-17)18-9-7-8-10-20(18)24(21)6-2/h7-12,15H,5-6,13-14,16H2,1-4H3. The molecule has 1 heterocycles. The van der Waals surface area contributed by atoms with Gasteiger partial charge < -0.3 is 9.47 Å². The second-order valence-electron chi connectivity index (χ2n) is 6.78. The van der Waals surface area contributed by atoms with Crippen molar-refractivity contribution in [3.8, 4) is 0 Å². The predicted octanol–water partition coefficient (Wildman–Crippen LogP) is 4.20. The summed E-state index contributed by atoms with van der Waals surface area (Å²) in [4.78, 5) is 4.76. The van der Waals surface area contributed by atoms with Crippen LogP contribution < -0.4 is 0 Å². The van der Waals surface area contributed by atoms with E-state index in [4.69, 9.17) is 0 Å². The van der Waals surface area contributed by atoms with E-state index < -0.39 is 0 Å². The Kier molecular flexibility index (Phi) is 5.22. The lowest BCUT2D eigenvalue weighted by Gasteiger charge is -2.22. The molecule has 0 amide bonds. The van der Waals surface area contributed by atoms with E-state index in [-0.39, 0.29) is 0 Å². The van der Waals surface area contributed by atoms with Gasteiger partial charge in [-0.25, -0.2) is 0 Å². The number of nitrogens with zero attached hydrogens (tertiary/aromatic N) is 3. The average Bonchev–Trinajstić information content (AvgIpc) is 2.91. The van der Waals surface area contributed by atoms with Crippen LogP contribution in [-0.2, 0) is 13.1 Å². The van der Waals surface area contributed by atoms with Crippen molar-refractivity contribution >= 4 is 21.8 Å². The molecule has 0 spiro atoms. The van der Waals surface area contributed by atoms with Crippen LogP contribution in [0.25, 0.3) is 21.8 Å². The Balaban J connectivity index is 1.95. The van der Waals surface area contributed by atoms with Gasteiger partial charge in [-0.05, 0) is 51.3 Å². The number of likely N-dealkylation sites (N-methyl/N-ethyl adjacent to an activating group) is 2. The molecule has 3 heteroatoms. The first kappa shape index (κ1) is 17.0. The minimum Gasteiger partial charge on any atom is -0.341 e. The molecule has 1 aromatic heterocycles. The summed E-state index contributed by atoms with van der Waals surface area (Å²) in [5.74, 6) is 0. The summed E-state index contributed by atoms with van der Waals surface area (Å²) >= 11 is 0. The van der Waals surface area contributed by atoms with E-state index in [2.05, 4.69) is 84.8 Å². The lowest BCUT2D eigenvalue weighted by Crippen LogP contribution is -2.31. The summed E-state index contributed by atoms with van der Waals surface area (Å²) in [5, 5.41) is 2.75. The normalized spacial score (nSPS) is 12.1. The number of aryl methyl sites for hydroxylation is 1. The Hall–Kier alpha value is -1.84. The first-order chi connectivity index (χ1) is 11.6. The third-order valence-electron chi connectivity index (χ3n) is 4.87. The molecule has 0 bridgehead atoms. The Morgan fingerprint density at radius 1 is 0.875 bits per heavy atom. The second-order valence-corrected chi connectivity index (χ2v) is 6.78. The fourth-order valence-corrected chi connectivity index (χ4v) is 3.49. The van der Waals surface area contributed by atoms with Crippen molar-refractivity contribution in [1.29, 1.82) is 0 Å². The van der Waals surface area contributed by atoms with Crippen LogP contribution in [0.5, 0.6) is 0 Å².